The second-order valence-electron chi connectivity index (χ2n) is 5.03. The normalized spacial score (nSPS) is 16.7. The van der Waals surface area contributed by atoms with Gasteiger partial charge in [0.25, 0.3) is 0 Å². The van der Waals surface area contributed by atoms with Gasteiger partial charge in [-0.15, -0.1) is 0 Å². The van der Waals surface area contributed by atoms with Crippen LogP contribution < -0.4 is 15.4 Å². The molecule has 22 heavy (non-hydrogen) atoms. The van der Waals surface area contributed by atoms with Crippen molar-refractivity contribution in [2.24, 2.45) is 0 Å². The quantitative estimate of drug-likeness (QED) is 0.809. The summed E-state index contributed by atoms with van der Waals surface area (Å²) < 4.78 is 6.97. The summed E-state index contributed by atoms with van der Waals surface area (Å²) in [6, 6.07) is 7.42. The second kappa shape index (κ2) is 6.44. The van der Waals surface area contributed by atoms with Crippen LogP contribution in [0, 0.1) is 0 Å². The van der Waals surface area contributed by atoms with Crippen molar-refractivity contribution in [2.75, 3.05) is 13.7 Å². The molecule has 1 aliphatic rings. The Balaban J connectivity index is 1.63. The first-order chi connectivity index (χ1) is 10.8. The van der Waals surface area contributed by atoms with E-state index in [9.17, 15) is 4.79 Å². The van der Waals surface area contributed by atoms with Crippen LogP contribution >= 0.6 is 0 Å². The summed E-state index contributed by atoms with van der Waals surface area (Å²) in [5, 5.41) is 10.3. The predicted molar refractivity (Wildman–Crippen MR) is 82.9 cm³/mol. The summed E-state index contributed by atoms with van der Waals surface area (Å²) in [6.07, 6.45) is 7.46. The summed E-state index contributed by atoms with van der Waals surface area (Å²) in [5.74, 6) is 0.754. The smallest absolute Gasteiger partial charge is 0.241 e. The SMILES string of the molecule is COc1cccc(-n2cc(CNC(=O)[C@H]3C=CCN3)cn2)c1. The fourth-order valence-corrected chi connectivity index (χ4v) is 2.29. The van der Waals surface area contributed by atoms with Gasteiger partial charge in [-0.05, 0) is 12.1 Å². The lowest BCUT2D eigenvalue weighted by atomic mass is 10.2. The molecular weight excluding hydrogens is 280 g/mol. The van der Waals surface area contributed by atoms with Crippen LogP contribution in [0.3, 0.4) is 0 Å². The van der Waals surface area contributed by atoms with E-state index < -0.39 is 0 Å². The van der Waals surface area contributed by atoms with Crippen molar-refractivity contribution in [1.82, 2.24) is 20.4 Å². The molecular formula is C16H18N4O2. The first-order valence-electron chi connectivity index (χ1n) is 7.12. The zero-order chi connectivity index (χ0) is 15.4. The third kappa shape index (κ3) is 3.17. The molecule has 6 heteroatoms. The van der Waals surface area contributed by atoms with Crippen LogP contribution in [0.25, 0.3) is 5.69 Å². The van der Waals surface area contributed by atoms with Gasteiger partial charge in [-0.25, -0.2) is 4.68 Å². The lowest BCUT2D eigenvalue weighted by molar-refractivity contribution is -0.122. The number of benzene rings is 1. The van der Waals surface area contributed by atoms with Gasteiger partial charge in [0.1, 0.15) is 11.8 Å². The molecule has 2 N–H and O–H groups in total. The first kappa shape index (κ1) is 14.3. The minimum absolute atomic E-state index is 0.0251. The number of nitrogens with zero attached hydrogens (tertiary/aromatic N) is 2. The third-order valence-electron chi connectivity index (χ3n) is 3.49. The summed E-state index contributed by atoms with van der Waals surface area (Å²) >= 11 is 0. The highest BCUT2D eigenvalue weighted by atomic mass is 16.5. The molecule has 114 valence electrons. The van der Waals surface area contributed by atoms with Gasteiger partial charge in [0.15, 0.2) is 0 Å². The fraction of sp³-hybridized carbons (Fsp3) is 0.250. The van der Waals surface area contributed by atoms with E-state index in [2.05, 4.69) is 15.7 Å². The van der Waals surface area contributed by atoms with Gasteiger partial charge in [0.05, 0.1) is 19.0 Å². The molecule has 0 saturated heterocycles. The molecule has 0 bridgehead atoms. The van der Waals surface area contributed by atoms with Gasteiger partial charge < -0.3 is 10.1 Å². The summed E-state index contributed by atoms with van der Waals surface area (Å²) in [4.78, 5) is 11.9. The molecule has 0 fully saturated rings. The average molecular weight is 298 g/mol. The highest BCUT2D eigenvalue weighted by molar-refractivity contribution is 5.84. The zero-order valence-corrected chi connectivity index (χ0v) is 12.3. The van der Waals surface area contributed by atoms with Crippen LogP contribution in [-0.4, -0.2) is 35.4 Å². The van der Waals surface area contributed by atoms with Crippen molar-refractivity contribution in [3.63, 3.8) is 0 Å². The van der Waals surface area contributed by atoms with Gasteiger partial charge in [-0.3, -0.25) is 10.1 Å². The highest BCUT2D eigenvalue weighted by Gasteiger charge is 2.16. The number of ether oxygens (including phenoxy) is 1. The minimum Gasteiger partial charge on any atom is -0.497 e. The van der Waals surface area contributed by atoms with Crippen LogP contribution in [0.4, 0.5) is 0 Å². The second-order valence-corrected chi connectivity index (χ2v) is 5.03. The van der Waals surface area contributed by atoms with Crippen LogP contribution in [0.15, 0.2) is 48.8 Å². The maximum absolute atomic E-state index is 11.9. The van der Waals surface area contributed by atoms with E-state index in [1.807, 2.05) is 42.6 Å². The Hall–Kier alpha value is -2.60. The standard InChI is InChI=1S/C16H18N4O2/c1-22-14-5-2-4-13(8-14)20-11-12(10-19-20)9-18-16(21)15-6-3-7-17-15/h2-6,8,10-11,15,17H,7,9H2,1H3,(H,18,21)/t15-/m1/s1. The molecule has 1 aromatic carbocycles. The third-order valence-corrected chi connectivity index (χ3v) is 3.49. The molecule has 1 aromatic heterocycles. The van der Waals surface area contributed by atoms with Gasteiger partial charge in [0, 0.05) is 30.9 Å². The average Bonchev–Trinajstić information content (AvgIpc) is 3.24. The molecule has 1 atom stereocenters. The molecule has 0 spiro atoms. The van der Waals surface area contributed by atoms with Crippen molar-refractivity contribution < 1.29 is 9.53 Å². The van der Waals surface area contributed by atoms with Gasteiger partial charge in [0.2, 0.25) is 5.91 Å². The Labute approximate surface area is 128 Å². The van der Waals surface area contributed by atoms with Crippen LogP contribution in [-0.2, 0) is 11.3 Å². The molecule has 3 rings (SSSR count). The monoisotopic (exact) mass is 298 g/mol. The molecule has 0 saturated carbocycles. The number of hydrogen-bond donors (Lipinski definition) is 2. The largest absolute Gasteiger partial charge is 0.497 e. The number of amides is 1. The van der Waals surface area contributed by atoms with E-state index in [0.29, 0.717) is 6.54 Å². The molecule has 6 nitrogen and oxygen atoms in total. The predicted octanol–water partition coefficient (Wildman–Crippen LogP) is 1.03. The van der Waals surface area contributed by atoms with Crippen LogP contribution in [0.5, 0.6) is 5.75 Å². The zero-order valence-electron chi connectivity index (χ0n) is 12.3. The number of rotatable bonds is 5. The summed E-state index contributed by atoms with van der Waals surface area (Å²) in [6.45, 7) is 1.20. The fourth-order valence-electron chi connectivity index (χ4n) is 2.29. The molecule has 1 aliphatic heterocycles. The number of carbonyl (C=O) groups excluding carboxylic acids is 1. The van der Waals surface area contributed by atoms with Crippen LogP contribution in [0.2, 0.25) is 0 Å². The molecule has 1 amide bonds. The number of carbonyl (C=O) groups is 1. The molecule has 2 aromatic rings. The lowest BCUT2D eigenvalue weighted by Gasteiger charge is -2.09. The van der Waals surface area contributed by atoms with Crippen molar-refractivity contribution in [1.29, 1.82) is 0 Å². The maximum Gasteiger partial charge on any atom is 0.241 e. The number of hydrogen-bond acceptors (Lipinski definition) is 4. The highest BCUT2D eigenvalue weighted by Crippen LogP contribution is 2.16. The van der Waals surface area contributed by atoms with Crippen molar-refractivity contribution in [2.45, 2.75) is 12.6 Å². The van der Waals surface area contributed by atoms with E-state index in [4.69, 9.17) is 4.74 Å². The Morgan fingerprint density at radius 1 is 1.55 bits per heavy atom. The van der Waals surface area contributed by atoms with Crippen LogP contribution in [0.1, 0.15) is 5.56 Å². The Bertz CT molecular complexity index is 693. The van der Waals surface area contributed by atoms with Gasteiger partial charge in [-0.1, -0.05) is 18.2 Å². The lowest BCUT2D eigenvalue weighted by Crippen LogP contribution is -2.40. The van der Waals surface area contributed by atoms with E-state index >= 15 is 0 Å². The van der Waals surface area contributed by atoms with Crippen molar-refractivity contribution in [3.8, 4) is 11.4 Å². The van der Waals surface area contributed by atoms with Crippen molar-refractivity contribution >= 4 is 5.91 Å². The Kier molecular flexibility index (Phi) is 4.20. The molecule has 0 radical (unpaired) electrons. The topological polar surface area (TPSA) is 68.2 Å². The number of nitrogens with one attached hydrogen (secondary N) is 2. The van der Waals surface area contributed by atoms with E-state index in [-0.39, 0.29) is 11.9 Å². The summed E-state index contributed by atoms with van der Waals surface area (Å²) in [7, 11) is 1.63. The van der Waals surface area contributed by atoms with Gasteiger partial charge in [-0.2, -0.15) is 5.10 Å². The minimum atomic E-state index is -0.228. The van der Waals surface area contributed by atoms with E-state index in [0.717, 1.165) is 23.5 Å². The Morgan fingerprint density at radius 3 is 3.23 bits per heavy atom. The first-order valence-corrected chi connectivity index (χ1v) is 7.12. The van der Waals surface area contributed by atoms with E-state index in [1.54, 1.807) is 18.0 Å². The molecule has 0 unspecified atom stereocenters. The number of methoxy groups -OCH3 is 1. The summed E-state index contributed by atoms with van der Waals surface area (Å²) in [5.41, 5.74) is 1.86. The van der Waals surface area contributed by atoms with Gasteiger partial charge >= 0.3 is 0 Å². The number of aromatic nitrogens is 2. The Morgan fingerprint density at radius 2 is 2.45 bits per heavy atom. The van der Waals surface area contributed by atoms with Crippen molar-refractivity contribution in [3.05, 3.63) is 54.4 Å². The maximum atomic E-state index is 11.9. The molecule has 2 heterocycles. The molecule has 0 aliphatic carbocycles. The van der Waals surface area contributed by atoms with E-state index in [1.165, 1.54) is 0 Å².